The fourth-order valence-corrected chi connectivity index (χ4v) is 5.33. The van der Waals surface area contributed by atoms with Crippen molar-refractivity contribution in [1.29, 1.82) is 0 Å². The van der Waals surface area contributed by atoms with Crippen molar-refractivity contribution in [3.05, 3.63) is 40.3 Å². The number of thioether (sulfide) groups is 2. The molecule has 0 saturated carbocycles. The van der Waals surface area contributed by atoms with Gasteiger partial charge in [-0.1, -0.05) is 35.7 Å². The third kappa shape index (κ3) is 4.79. The highest BCUT2D eigenvalue weighted by molar-refractivity contribution is 8.26. The molecule has 3 rings (SSSR count). The summed E-state index contributed by atoms with van der Waals surface area (Å²) in [6.45, 7) is 5.09. The van der Waals surface area contributed by atoms with Crippen LogP contribution < -0.4 is 9.64 Å². The zero-order chi connectivity index (χ0) is 21.0. The fraction of sp³-hybridized carbons (Fsp3) is 0.350. The number of allylic oxidation sites excluding steroid dienone is 2. The average molecular weight is 451 g/mol. The smallest absolute Gasteiger partial charge is 0.307 e. The number of rotatable bonds is 7. The van der Waals surface area contributed by atoms with Crippen LogP contribution in [0.3, 0.4) is 0 Å². The highest BCUT2D eigenvalue weighted by Gasteiger charge is 2.31. The van der Waals surface area contributed by atoms with Gasteiger partial charge in [0.25, 0.3) is 5.91 Å². The Balaban J connectivity index is 1.87. The zero-order valence-electron chi connectivity index (χ0n) is 16.5. The maximum absolute atomic E-state index is 12.4. The Morgan fingerprint density at radius 1 is 1.21 bits per heavy atom. The Hall–Kier alpha value is -1.97. The Bertz CT molecular complexity index is 898. The van der Waals surface area contributed by atoms with E-state index in [1.807, 2.05) is 31.2 Å². The number of hydrogen-bond donors (Lipinski definition) is 0. The lowest BCUT2D eigenvalue weighted by atomic mass is 10.2. The maximum Gasteiger partial charge on any atom is 0.307 e. The first-order valence-corrected chi connectivity index (χ1v) is 11.3. The van der Waals surface area contributed by atoms with E-state index in [-0.39, 0.29) is 18.3 Å². The highest BCUT2D eigenvalue weighted by atomic mass is 32.2. The number of thiocarbonyl (C=S) groups is 1. The molecule has 2 aliphatic heterocycles. The van der Waals surface area contributed by atoms with Crippen LogP contribution in [0, 0.1) is 0 Å². The van der Waals surface area contributed by atoms with Crippen molar-refractivity contribution in [3.63, 3.8) is 0 Å². The van der Waals surface area contributed by atoms with Crippen LogP contribution in [0.1, 0.15) is 20.3 Å². The van der Waals surface area contributed by atoms with Crippen LogP contribution in [0.25, 0.3) is 0 Å². The molecular formula is C20H22N2O4S3. The Labute approximate surface area is 184 Å². The molecule has 2 aliphatic rings. The Morgan fingerprint density at radius 3 is 2.66 bits per heavy atom. The molecule has 6 nitrogen and oxygen atoms in total. The maximum atomic E-state index is 12.4. The van der Waals surface area contributed by atoms with Crippen molar-refractivity contribution < 1.29 is 19.1 Å². The van der Waals surface area contributed by atoms with E-state index in [4.69, 9.17) is 21.7 Å². The molecule has 2 heterocycles. The quantitative estimate of drug-likeness (QED) is 0.349. The van der Waals surface area contributed by atoms with Gasteiger partial charge < -0.3 is 14.4 Å². The molecule has 29 heavy (non-hydrogen) atoms. The van der Waals surface area contributed by atoms with Gasteiger partial charge in [0.2, 0.25) is 0 Å². The van der Waals surface area contributed by atoms with Crippen molar-refractivity contribution in [3.8, 4) is 5.75 Å². The number of ether oxygens (including phenoxy) is 2. The zero-order valence-corrected chi connectivity index (χ0v) is 18.9. The first-order chi connectivity index (χ1) is 14.0. The molecule has 0 radical (unpaired) electrons. The van der Waals surface area contributed by atoms with Gasteiger partial charge in [-0.25, -0.2) is 0 Å². The summed E-state index contributed by atoms with van der Waals surface area (Å²) in [5, 5.41) is 0.930. The van der Waals surface area contributed by atoms with Gasteiger partial charge in [0.15, 0.2) is 0 Å². The van der Waals surface area contributed by atoms with Crippen molar-refractivity contribution >= 4 is 57.6 Å². The monoisotopic (exact) mass is 450 g/mol. The first kappa shape index (κ1) is 21.7. The number of carbonyl (C=O) groups is 2. The third-order valence-corrected chi connectivity index (χ3v) is 6.88. The van der Waals surface area contributed by atoms with Gasteiger partial charge in [-0.15, -0.1) is 0 Å². The lowest BCUT2D eigenvalue weighted by Crippen LogP contribution is -2.27. The second-order valence-corrected chi connectivity index (χ2v) is 8.83. The second-order valence-electron chi connectivity index (χ2n) is 6.10. The molecule has 0 aromatic heterocycles. The lowest BCUT2D eigenvalue weighted by molar-refractivity contribution is -0.142. The number of fused-ring (bicyclic) bond motifs is 1. The molecule has 1 aromatic rings. The minimum absolute atomic E-state index is 0.0698. The number of carbonyl (C=O) groups excluding carboxylic acids is 2. The number of esters is 1. The molecule has 1 saturated heterocycles. The summed E-state index contributed by atoms with van der Waals surface area (Å²) >= 11 is 8.17. The van der Waals surface area contributed by atoms with Crippen molar-refractivity contribution in [2.24, 2.45) is 0 Å². The summed E-state index contributed by atoms with van der Waals surface area (Å²) in [5.41, 5.74) is 0.972. The van der Waals surface area contributed by atoms with E-state index in [1.165, 1.54) is 11.8 Å². The second kappa shape index (κ2) is 9.69. The summed E-state index contributed by atoms with van der Waals surface area (Å²) in [6, 6.07) is 5.85. The summed E-state index contributed by atoms with van der Waals surface area (Å²) in [4.78, 5) is 29.6. The van der Waals surface area contributed by atoms with Crippen LogP contribution >= 0.6 is 35.7 Å². The molecule has 1 amide bonds. The summed E-state index contributed by atoms with van der Waals surface area (Å²) < 4.78 is 11.0. The van der Waals surface area contributed by atoms with Crippen LogP contribution in [-0.2, 0) is 14.3 Å². The molecule has 0 N–H and O–H groups in total. The molecule has 0 atom stereocenters. The van der Waals surface area contributed by atoms with Gasteiger partial charge in [-0.05, 0) is 38.1 Å². The largest absolute Gasteiger partial charge is 0.497 e. The number of anilines is 1. The number of likely N-dealkylation sites (N-methyl/N-ethyl adjacent to an activating group) is 1. The van der Waals surface area contributed by atoms with Gasteiger partial charge in [-0.2, -0.15) is 0 Å². The molecule has 0 unspecified atom stereocenters. The van der Waals surface area contributed by atoms with Gasteiger partial charge in [0.05, 0.1) is 35.8 Å². The number of amides is 1. The van der Waals surface area contributed by atoms with Gasteiger partial charge in [-0.3, -0.25) is 14.5 Å². The Morgan fingerprint density at radius 2 is 2.00 bits per heavy atom. The fourth-order valence-electron chi connectivity index (χ4n) is 2.93. The SMILES string of the molecule is CCOC(=O)CCN1/C(=C\C=C2/SC(=S)N(CC)C2=O)Sc2ccc(OC)cc21. The van der Waals surface area contributed by atoms with Crippen LogP contribution in [0.4, 0.5) is 5.69 Å². The van der Waals surface area contributed by atoms with E-state index in [0.29, 0.717) is 28.9 Å². The van der Waals surface area contributed by atoms with Crippen molar-refractivity contribution in [1.82, 2.24) is 4.90 Å². The predicted octanol–water partition coefficient (Wildman–Crippen LogP) is 4.17. The molecule has 1 fully saturated rings. The number of nitrogens with zero attached hydrogens (tertiary/aromatic N) is 2. The Kier molecular flexibility index (Phi) is 7.26. The lowest BCUT2D eigenvalue weighted by Gasteiger charge is -2.20. The van der Waals surface area contributed by atoms with Gasteiger partial charge in [0.1, 0.15) is 10.1 Å². The summed E-state index contributed by atoms with van der Waals surface area (Å²) in [6.07, 6.45) is 3.97. The number of hydrogen-bond acceptors (Lipinski definition) is 8. The first-order valence-electron chi connectivity index (χ1n) is 9.23. The van der Waals surface area contributed by atoms with E-state index in [0.717, 1.165) is 21.4 Å². The number of methoxy groups -OCH3 is 1. The van der Waals surface area contributed by atoms with Crippen molar-refractivity contribution in [2.75, 3.05) is 31.7 Å². The molecule has 154 valence electrons. The summed E-state index contributed by atoms with van der Waals surface area (Å²) in [5.74, 6) is 0.437. The normalized spacial score (nSPS) is 18.7. The summed E-state index contributed by atoms with van der Waals surface area (Å²) in [7, 11) is 1.62. The van der Waals surface area contributed by atoms with E-state index < -0.39 is 0 Å². The standard InChI is InChI=1S/C20H22N2O4S3/c1-4-21-19(24)16(29-20(21)27)8-9-17-22(11-10-18(23)26-5-2)14-12-13(25-3)6-7-15(14)28-17/h6-9,12H,4-5,10-11H2,1-3H3/b16-8-,17-9+. The minimum Gasteiger partial charge on any atom is -0.497 e. The van der Waals surface area contributed by atoms with Crippen LogP contribution in [0.2, 0.25) is 0 Å². The van der Waals surface area contributed by atoms with Crippen LogP contribution in [0.5, 0.6) is 5.75 Å². The van der Waals surface area contributed by atoms with Gasteiger partial charge in [0, 0.05) is 24.1 Å². The molecule has 0 spiro atoms. The van der Waals surface area contributed by atoms with E-state index in [1.54, 1.807) is 36.8 Å². The average Bonchev–Trinajstić information content (AvgIpc) is 3.19. The highest BCUT2D eigenvalue weighted by Crippen LogP contribution is 2.47. The van der Waals surface area contributed by atoms with E-state index >= 15 is 0 Å². The topological polar surface area (TPSA) is 59.1 Å². The molecule has 0 bridgehead atoms. The van der Waals surface area contributed by atoms with Crippen molar-refractivity contribution in [2.45, 2.75) is 25.2 Å². The third-order valence-electron chi connectivity index (χ3n) is 4.35. The number of benzene rings is 1. The van der Waals surface area contributed by atoms with Crippen LogP contribution in [0.15, 0.2) is 45.2 Å². The van der Waals surface area contributed by atoms with Gasteiger partial charge >= 0.3 is 5.97 Å². The minimum atomic E-state index is -0.239. The molecule has 1 aromatic carbocycles. The van der Waals surface area contributed by atoms with Crippen LogP contribution in [-0.4, -0.2) is 47.9 Å². The van der Waals surface area contributed by atoms with E-state index in [2.05, 4.69) is 4.90 Å². The molecule has 0 aliphatic carbocycles. The molecular weight excluding hydrogens is 428 g/mol. The molecule has 9 heteroatoms. The van der Waals surface area contributed by atoms with E-state index in [9.17, 15) is 9.59 Å². The predicted molar refractivity (Wildman–Crippen MR) is 121 cm³/mol.